The lowest BCUT2D eigenvalue weighted by Gasteiger charge is -2.06. The second kappa shape index (κ2) is 6.97. The van der Waals surface area contributed by atoms with E-state index in [-0.39, 0.29) is 0 Å². The number of rotatable bonds is 6. The van der Waals surface area contributed by atoms with E-state index in [1.807, 2.05) is 41.1 Å². The minimum Gasteiger partial charge on any atom is -0.494 e. The highest BCUT2D eigenvalue weighted by Gasteiger charge is 2.05. The molecule has 0 aliphatic heterocycles. The third-order valence-electron chi connectivity index (χ3n) is 3.58. The van der Waals surface area contributed by atoms with Crippen molar-refractivity contribution in [3.05, 3.63) is 53.3 Å². The number of hydrogen-bond acceptors (Lipinski definition) is 2. The van der Waals surface area contributed by atoms with Gasteiger partial charge in [-0.05, 0) is 58.7 Å². The SMILES string of the molecule is CCCCCOc1ccc(-c2cn3cc(Br)ccc3n2)cc1. The summed E-state index contributed by atoms with van der Waals surface area (Å²) in [6.07, 6.45) is 7.59. The molecule has 0 saturated carbocycles. The lowest BCUT2D eigenvalue weighted by molar-refractivity contribution is 0.306. The molecule has 1 aromatic carbocycles. The molecule has 3 aromatic rings. The van der Waals surface area contributed by atoms with Crippen LogP contribution in [0.5, 0.6) is 5.75 Å². The highest BCUT2D eigenvalue weighted by molar-refractivity contribution is 9.10. The van der Waals surface area contributed by atoms with Crippen LogP contribution in [-0.2, 0) is 0 Å². The molecule has 0 aliphatic rings. The van der Waals surface area contributed by atoms with E-state index in [1.165, 1.54) is 12.8 Å². The summed E-state index contributed by atoms with van der Waals surface area (Å²) in [4.78, 5) is 4.64. The van der Waals surface area contributed by atoms with Gasteiger partial charge in [0.1, 0.15) is 11.4 Å². The summed E-state index contributed by atoms with van der Waals surface area (Å²) < 4.78 is 8.81. The van der Waals surface area contributed by atoms with Crippen molar-refractivity contribution in [3.8, 4) is 17.0 Å². The smallest absolute Gasteiger partial charge is 0.137 e. The van der Waals surface area contributed by atoms with Crippen LogP contribution in [0.3, 0.4) is 0 Å². The van der Waals surface area contributed by atoms with E-state index < -0.39 is 0 Å². The number of imidazole rings is 1. The Bertz CT molecular complexity index is 749. The number of unbranched alkanes of at least 4 members (excludes halogenated alkanes) is 2. The third kappa shape index (κ3) is 3.50. The van der Waals surface area contributed by atoms with Crippen molar-refractivity contribution in [3.63, 3.8) is 0 Å². The van der Waals surface area contributed by atoms with Crippen molar-refractivity contribution in [2.45, 2.75) is 26.2 Å². The standard InChI is InChI=1S/C18H19BrN2O/c1-2-3-4-11-22-16-8-5-14(6-9-16)17-13-21-12-15(19)7-10-18(21)20-17/h5-10,12-13H,2-4,11H2,1H3. The van der Waals surface area contributed by atoms with Crippen LogP contribution in [0.15, 0.2) is 53.3 Å². The van der Waals surface area contributed by atoms with Crippen LogP contribution in [0.4, 0.5) is 0 Å². The lowest BCUT2D eigenvalue weighted by Crippen LogP contribution is -1.96. The summed E-state index contributed by atoms with van der Waals surface area (Å²) in [5.41, 5.74) is 3.01. The molecule has 0 aliphatic carbocycles. The maximum atomic E-state index is 5.74. The van der Waals surface area contributed by atoms with Crippen LogP contribution in [0.25, 0.3) is 16.9 Å². The summed E-state index contributed by atoms with van der Waals surface area (Å²) in [5.74, 6) is 0.923. The van der Waals surface area contributed by atoms with Gasteiger partial charge in [0.05, 0.1) is 12.3 Å². The van der Waals surface area contributed by atoms with Crippen molar-refractivity contribution in [2.24, 2.45) is 0 Å². The number of aromatic nitrogens is 2. The maximum Gasteiger partial charge on any atom is 0.137 e. The summed E-state index contributed by atoms with van der Waals surface area (Å²) in [5, 5.41) is 0. The topological polar surface area (TPSA) is 26.5 Å². The molecule has 4 heteroatoms. The number of nitrogens with zero attached hydrogens (tertiary/aromatic N) is 2. The van der Waals surface area contributed by atoms with E-state index >= 15 is 0 Å². The van der Waals surface area contributed by atoms with Crippen LogP contribution in [0.2, 0.25) is 0 Å². The molecule has 22 heavy (non-hydrogen) atoms. The molecule has 0 spiro atoms. The first-order valence-corrected chi connectivity index (χ1v) is 8.43. The molecular formula is C18H19BrN2O. The molecule has 2 aromatic heterocycles. The second-order valence-corrected chi connectivity index (χ2v) is 6.23. The molecule has 0 radical (unpaired) electrons. The van der Waals surface area contributed by atoms with Gasteiger partial charge in [0, 0.05) is 22.4 Å². The monoisotopic (exact) mass is 358 g/mol. The first kappa shape index (κ1) is 15.1. The molecule has 3 rings (SSSR count). The number of pyridine rings is 1. The number of ether oxygens (including phenoxy) is 1. The fraction of sp³-hybridized carbons (Fsp3) is 0.278. The van der Waals surface area contributed by atoms with Gasteiger partial charge < -0.3 is 9.14 Å². The molecule has 0 amide bonds. The molecule has 0 N–H and O–H groups in total. The van der Waals surface area contributed by atoms with E-state index in [1.54, 1.807) is 0 Å². The van der Waals surface area contributed by atoms with E-state index in [0.29, 0.717) is 0 Å². The zero-order valence-corrected chi connectivity index (χ0v) is 14.2. The molecule has 0 bridgehead atoms. The fourth-order valence-corrected chi connectivity index (χ4v) is 2.72. The minimum atomic E-state index is 0.787. The van der Waals surface area contributed by atoms with Crippen LogP contribution in [-0.4, -0.2) is 16.0 Å². The number of hydrogen-bond donors (Lipinski definition) is 0. The van der Waals surface area contributed by atoms with E-state index in [2.05, 4.69) is 40.0 Å². The summed E-state index contributed by atoms with van der Waals surface area (Å²) in [6.45, 7) is 2.98. The van der Waals surface area contributed by atoms with Crippen molar-refractivity contribution in [1.82, 2.24) is 9.38 Å². The summed E-state index contributed by atoms with van der Waals surface area (Å²) in [7, 11) is 0. The Morgan fingerprint density at radius 2 is 1.86 bits per heavy atom. The Hall–Kier alpha value is -1.81. The average molecular weight is 359 g/mol. The Morgan fingerprint density at radius 3 is 2.64 bits per heavy atom. The first-order chi connectivity index (χ1) is 10.8. The largest absolute Gasteiger partial charge is 0.494 e. The van der Waals surface area contributed by atoms with E-state index in [0.717, 1.165) is 40.2 Å². The lowest BCUT2D eigenvalue weighted by atomic mass is 10.1. The molecule has 0 atom stereocenters. The van der Waals surface area contributed by atoms with E-state index in [4.69, 9.17) is 4.74 Å². The van der Waals surface area contributed by atoms with E-state index in [9.17, 15) is 0 Å². The van der Waals surface area contributed by atoms with Crippen LogP contribution < -0.4 is 4.74 Å². The van der Waals surface area contributed by atoms with Crippen molar-refractivity contribution < 1.29 is 4.74 Å². The molecule has 0 saturated heterocycles. The van der Waals surface area contributed by atoms with Crippen molar-refractivity contribution in [2.75, 3.05) is 6.61 Å². The summed E-state index contributed by atoms with van der Waals surface area (Å²) in [6, 6.07) is 12.2. The van der Waals surface area contributed by atoms with Gasteiger partial charge >= 0.3 is 0 Å². The highest BCUT2D eigenvalue weighted by atomic mass is 79.9. The molecule has 2 heterocycles. The third-order valence-corrected chi connectivity index (χ3v) is 4.05. The quantitative estimate of drug-likeness (QED) is 0.556. The van der Waals surface area contributed by atoms with Gasteiger partial charge in [-0.2, -0.15) is 0 Å². The van der Waals surface area contributed by atoms with Crippen LogP contribution in [0, 0.1) is 0 Å². The number of fused-ring (bicyclic) bond motifs is 1. The predicted molar refractivity (Wildman–Crippen MR) is 93.3 cm³/mol. The van der Waals surface area contributed by atoms with Crippen molar-refractivity contribution in [1.29, 1.82) is 0 Å². The molecule has 0 unspecified atom stereocenters. The normalized spacial score (nSPS) is 11.0. The zero-order chi connectivity index (χ0) is 15.4. The molecule has 114 valence electrons. The minimum absolute atomic E-state index is 0.787. The summed E-state index contributed by atoms with van der Waals surface area (Å²) >= 11 is 3.48. The van der Waals surface area contributed by atoms with Crippen LogP contribution >= 0.6 is 15.9 Å². The Kier molecular flexibility index (Phi) is 4.78. The Balaban J connectivity index is 1.73. The van der Waals surface area contributed by atoms with Gasteiger partial charge in [0.25, 0.3) is 0 Å². The predicted octanol–water partition coefficient (Wildman–Crippen LogP) is 5.33. The number of halogens is 1. The second-order valence-electron chi connectivity index (χ2n) is 5.32. The van der Waals surface area contributed by atoms with Gasteiger partial charge in [-0.15, -0.1) is 0 Å². The molecular weight excluding hydrogens is 340 g/mol. The van der Waals surface area contributed by atoms with Crippen LogP contribution in [0.1, 0.15) is 26.2 Å². The van der Waals surface area contributed by atoms with Gasteiger partial charge in [0.2, 0.25) is 0 Å². The first-order valence-electron chi connectivity index (χ1n) is 7.64. The van der Waals surface area contributed by atoms with Gasteiger partial charge in [-0.3, -0.25) is 0 Å². The van der Waals surface area contributed by atoms with Gasteiger partial charge in [0.15, 0.2) is 0 Å². The number of benzene rings is 1. The highest BCUT2D eigenvalue weighted by Crippen LogP contribution is 2.23. The fourth-order valence-electron chi connectivity index (χ4n) is 2.37. The van der Waals surface area contributed by atoms with Crippen molar-refractivity contribution >= 4 is 21.6 Å². The Labute approximate surface area is 139 Å². The van der Waals surface area contributed by atoms with Gasteiger partial charge in [-0.1, -0.05) is 19.8 Å². The van der Waals surface area contributed by atoms with Gasteiger partial charge in [-0.25, -0.2) is 4.98 Å². The zero-order valence-electron chi connectivity index (χ0n) is 12.6. The average Bonchev–Trinajstić information content (AvgIpc) is 2.95. The molecule has 3 nitrogen and oxygen atoms in total. The maximum absolute atomic E-state index is 5.74. The molecule has 0 fully saturated rings. The Morgan fingerprint density at radius 1 is 1.05 bits per heavy atom.